The van der Waals surface area contributed by atoms with Crippen molar-refractivity contribution in [2.24, 2.45) is 0 Å². The van der Waals surface area contributed by atoms with E-state index >= 15 is 0 Å². The number of methoxy groups -OCH3 is 1. The number of nitrogens with zero attached hydrogens (tertiary/aromatic N) is 1. The Labute approximate surface area is 169 Å². The van der Waals surface area contributed by atoms with Gasteiger partial charge in [0.2, 0.25) is 5.78 Å². The molecule has 0 radical (unpaired) electrons. The van der Waals surface area contributed by atoms with Gasteiger partial charge in [0, 0.05) is 25.3 Å². The van der Waals surface area contributed by atoms with Crippen LogP contribution in [0.1, 0.15) is 40.1 Å². The molecule has 29 heavy (non-hydrogen) atoms. The molecule has 1 N–H and O–H groups in total. The third-order valence-corrected chi connectivity index (χ3v) is 4.35. The van der Waals surface area contributed by atoms with Gasteiger partial charge >= 0.3 is 5.97 Å². The summed E-state index contributed by atoms with van der Waals surface area (Å²) in [7, 11) is 1.52. The van der Waals surface area contributed by atoms with E-state index in [4.69, 9.17) is 9.47 Å². The Bertz CT molecular complexity index is 879. The molecule has 0 aromatic heterocycles. The first-order valence-corrected chi connectivity index (χ1v) is 9.22. The SMILES string of the molecule is CCc1ccc(C(=O)[C@@H](C)OC(=O)c2ccc(NCCOC)c([N+](=O)[O-])c2)cc1. The first-order valence-electron chi connectivity index (χ1n) is 9.22. The maximum atomic E-state index is 12.5. The summed E-state index contributed by atoms with van der Waals surface area (Å²) in [5.41, 5.74) is 1.53. The van der Waals surface area contributed by atoms with E-state index in [1.54, 1.807) is 12.1 Å². The molecule has 0 aliphatic carbocycles. The number of ether oxygens (including phenoxy) is 2. The van der Waals surface area contributed by atoms with E-state index in [0.29, 0.717) is 18.7 Å². The minimum atomic E-state index is -1.02. The van der Waals surface area contributed by atoms with Crippen LogP contribution in [0.4, 0.5) is 11.4 Å². The lowest BCUT2D eigenvalue weighted by Gasteiger charge is -2.13. The maximum Gasteiger partial charge on any atom is 0.339 e. The minimum absolute atomic E-state index is 0.00466. The molecule has 0 heterocycles. The Kier molecular flexibility index (Phi) is 7.85. The number of nitro groups is 1. The van der Waals surface area contributed by atoms with Crippen LogP contribution in [-0.2, 0) is 15.9 Å². The molecule has 0 spiro atoms. The average molecular weight is 400 g/mol. The monoisotopic (exact) mass is 400 g/mol. The number of nitro benzene ring substituents is 1. The number of anilines is 1. The van der Waals surface area contributed by atoms with Crippen molar-refractivity contribution in [1.29, 1.82) is 0 Å². The van der Waals surface area contributed by atoms with Gasteiger partial charge in [0.1, 0.15) is 5.69 Å². The van der Waals surface area contributed by atoms with Gasteiger partial charge in [0.25, 0.3) is 5.69 Å². The fraction of sp³-hybridized carbons (Fsp3) is 0.333. The third-order valence-electron chi connectivity index (χ3n) is 4.35. The lowest BCUT2D eigenvalue weighted by molar-refractivity contribution is -0.384. The van der Waals surface area contributed by atoms with Gasteiger partial charge in [0.15, 0.2) is 6.10 Å². The van der Waals surface area contributed by atoms with Crippen LogP contribution >= 0.6 is 0 Å². The minimum Gasteiger partial charge on any atom is -0.451 e. The topological polar surface area (TPSA) is 108 Å². The molecule has 2 aromatic rings. The first kappa shape index (κ1) is 22.0. The van der Waals surface area contributed by atoms with E-state index in [9.17, 15) is 19.7 Å². The van der Waals surface area contributed by atoms with Gasteiger partial charge in [-0.1, -0.05) is 31.2 Å². The molecule has 0 aliphatic heterocycles. The second kappa shape index (κ2) is 10.3. The number of ketones is 1. The standard InChI is InChI=1S/C21H24N2O6/c1-4-15-5-7-16(8-6-15)20(24)14(2)29-21(25)17-9-10-18(22-11-12-28-3)19(13-17)23(26)27/h5-10,13-14,22H,4,11-12H2,1-3H3/t14-/m1/s1. The normalized spacial score (nSPS) is 11.6. The van der Waals surface area contributed by atoms with Crippen molar-refractivity contribution in [2.75, 3.05) is 25.6 Å². The van der Waals surface area contributed by atoms with Crippen molar-refractivity contribution in [3.05, 3.63) is 69.3 Å². The lowest BCUT2D eigenvalue weighted by Crippen LogP contribution is -2.24. The van der Waals surface area contributed by atoms with Crippen molar-refractivity contribution in [1.82, 2.24) is 0 Å². The molecule has 0 aliphatic rings. The van der Waals surface area contributed by atoms with Crippen LogP contribution in [0.2, 0.25) is 0 Å². The Morgan fingerprint density at radius 3 is 2.38 bits per heavy atom. The molecule has 0 amide bonds. The third kappa shape index (κ3) is 5.86. The summed E-state index contributed by atoms with van der Waals surface area (Å²) >= 11 is 0. The molecule has 0 fully saturated rings. The summed E-state index contributed by atoms with van der Waals surface area (Å²) in [6.07, 6.45) is -0.165. The molecule has 2 rings (SSSR count). The zero-order valence-corrected chi connectivity index (χ0v) is 16.6. The molecule has 0 saturated heterocycles. The number of hydrogen-bond acceptors (Lipinski definition) is 7. The maximum absolute atomic E-state index is 12.5. The fourth-order valence-electron chi connectivity index (χ4n) is 2.67. The summed E-state index contributed by atoms with van der Waals surface area (Å²) in [6.45, 7) is 4.24. The van der Waals surface area contributed by atoms with E-state index in [1.165, 1.54) is 26.2 Å². The highest BCUT2D eigenvalue weighted by atomic mass is 16.6. The predicted octanol–water partition coefficient (Wildman–Crippen LogP) is 3.64. The molecule has 1 atom stereocenters. The van der Waals surface area contributed by atoms with Crippen LogP contribution in [0.5, 0.6) is 0 Å². The quantitative estimate of drug-likeness (QED) is 0.213. The Morgan fingerprint density at radius 1 is 1.14 bits per heavy atom. The number of carbonyl (C=O) groups excluding carboxylic acids is 2. The molecule has 8 nitrogen and oxygen atoms in total. The largest absolute Gasteiger partial charge is 0.451 e. The zero-order chi connectivity index (χ0) is 21.4. The molecule has 2 aromatic carbocycles. The highest BCUT2D eigenvalue weighted by Crippen LogP contribution is 2.26. The highest BCUT2D eigenvalue weighted by Gasteiger charge is 2.23. The van der Waals surface area contributed by atoms with E-state index in [-0.39, 0.29) is 22.7 Å². The fourth-order valence-corrected chi connectivity index (χ4v) is 2.67. The summed E-state index contributed by atoms with van der Waals surface area (Å²) in [5, 5.41) is 14.2. The van der Waals surface area contributed by atoms with E-state index < -0.39 is 17.0 Å². The van der Waals surface area contributed by atoms with Crippen LogP contribution in [-0.4, -0.2) is 43.0 Å². The van der Waals surface area contributed by atoms with Gasteiger partial charge in [-0.3, -0.25) is 14.9 Å². The number of Topliss-reactive ketones (excluding diaryl/α,β-unsaturated/α-hetero) is 1. The highest BCUT2D eigenvalue weighted by molar-refractivity contribution is 6.01. The van der Waals surface area contributed by atoms with Crippen LogP contribution in [0.3, 0.4) is 0 Å². The van der Waals surface area contributed by atoms with Gasteiger partial charge in [0.05, 0.1) is 17.1 Å². The second-order valence-electron chi connectivity index (χ2n) is 6.37. The van der Waals surface area contributed by atoms with E-state index in [1.807, 2.05) is 19.1 Å². The molecule has 0 saturated carbocycles. The van der Waals surface area contributed by atoms with Crippen LogP contribution < -0.4 is 5.32 Å². The van der Waals surface area contributed by atoms with Crippen LogP contribution in [0.15, 0.2) is 42.5 Å². The molecule has 8 heteroatoms. The first-order chi connectivity index (χ1) is 13.9. The summed E-state index contributed by atoms with van der Waals surface area (Å²) in [6, 6.07) is 11.1. The van der Waals surface area contributed by atoms with Gasteiger partial charge in [-0.15, -0.1) is 0 Å². The van der Waals surface area contributed by atoms with Gasteiger partial charge in [-0.2, -0.15) is 0 Å². The van der Waals surface area contributed by atoms with Crippen molar-refractivity contribution in [3.8, 4) is 0 Å². The number of benzene rings is 2. The number of carbonyl (C=O) groups is 2. The number of esters is 1. The number of aryl methyl sites for hydroxylation is 1. The summed E-state index contributed by atoms with van der Waals surface area (Å²) in [5.74, 6) is -1.14. The van der Waals surface area contributed by atoms with Gasteiger partial charge < -0.3 is 14.8 Å². The lowest BCUT2D eigenvalue weighted by atomic mass is 10.0. The van der Waals surface area contributed by atoms with Crippen LogP contribution in [0.25, 0.3) is 0 Å². The van der Waals surface area contributed by atoms with E-state index in [0.717, 1.165) is 18.1 Å². The Balaban J connectivity index is 2.11. The zero-order valence-electron chi connectivity index (χ0n) is 16.6. The number of rotatable bonds is 10. The molecule has 0 unspecified atom stereocenters. The van der Waals surface area contributed by atoms with Crippen LogP contribution in [0, 0.1) is 10.1 Å². The van der Waals surface area contributed by atoms with Crippen molar-refractivity contribution in [2.45, 2.75) is 26.4 Å². The number of nitrogens with one attached hydrogen (secondary N) is 1. The van der Waals surface area contributed by atoms with Crippen molar-refractivity contribution < 1.29 is 24.0 Å². The molecule has 154 valence electrons. The van der Waals surface area contributed by atoms with E-state index in [2.05, 4.69) is 5.32 Å². The Morgan fingerprint density at radius 2 is 1.79 bits per heavy atom. The van der Waals surface area contributed by atoms with Gasteiger partial charge in [-0.25, -0.2) is 4.79 Å². The molecular weight excluding hydrogens is 376 g/mol. The average Bonchev–Trinajstić information content (AvgIpc) is 2.73. The summed E-state index contributed by atoms with van der Waals surface area (Å²) < 4.78 is 10.1. The Hall–Kier alpha value is -3.26. The number of hydrogen-bond donors (Lipinski definition) is 1. The van der Waals surface area contributed by atoms with Gasteiger partial charge in [-0.05, 0) is 31.0 Å². The second-order valence-corrected chi connectivity index (χ2v) is 6.37. The molecular formula is C21H24N2O6. The summed E-state index contributed by atoms with van der Waals surface area (Å²) in [4.78, 5) is 35.6. The smallest absolute Gasteiger partial charge is 0.339 e. The van der Waals surface area contributed by atoms with Crippen molar-refractivity contribution >= 4 is 23.1 Å². The predicted molar refractivity (Wildman–Crippen MR) is 108 cm³/mol. The molecule has 0 bridgehead atoms. The van der Waals surface area contributed by atoms with Crippen molar-refractivity contribution in [3.63, 3.8) is 0 Å².